The molecule has 1 aromatic carbocycles. The van der Waals surface area contributed by atoms with Gasteiger partial charge in [0.15, 0.2) is 0 Å². The summed E-state index contributed by atoms with van der Waals surface area (Å²) in [5, 5.41) is 7.06. The molecule has 1 amide bonds. The molecule has 0 spiro atoms. The number of benzene rings is 1. The van der Waals surface area contributed by atoms with Gasteiger partial charge in [0.05, 0.1) is 29.5 Å². The SMILES string of the molecule is CC(=S)NC[C@H]1CN(c2ccc(N3CCN(C(=S)c4ccsc4)CC3)c(F)c2)C(=O)O1. The van der Waals surface area contributed by atoms with Crippen molar-refractivity contribution in [2.75, 3.05) is 49.1 Å². The van der Waals surface area contributed by atoms with E-state index < -0.39 is 6.09 Å². The number of rotatable bonds is 5. The third-order valence-electron chi connectivity index (χ3n) is 5.37. The quantitative estimate of drug-likeness (QED) is 0.659. The molecule has 2 aliphatic rings. The Labute approximate surface area is 195 Å². The van der Waals surface area contributed by atoms with Crippen LogP contribution in [0.4, 0.5) is 20.6 Å². The lowest BCUT2D eigenvalue weighted by molar-refractivity contribution is 0.143. The van der Waals surface area contributed by atoms with Gasteiger partial charge in [-0.1, -0.05) is 24.4 Å². The predicted octanol–water partition coefficient (Wildman–Crippen LogP) is 3.65. The fourth-order valence-corrected chi connectivity index (χ4v) is 4.84. The Morgan fingerprint density at radius 3 is 2.68 bits per heavy atom. The lowest BCUT2D eigenvalue weighted by Gasteiger charge is -2.37. The first kappa shape index (κ1) is 21.9. The Bertz CT molecular complexity index is 977. The number of ether oxygens (including phenoxy) is 1. The van der Waals surface area contributed by atoms with Crippen LogP contribution in [-0.2, 0) is 4.74 Å². The first-order chi connectivity index (χ1) is 14.9. The van der Waals surface area contributed by atoms with Crippen molar-refractivity contribution >= 4 is 63.2 Å². The number of anilines is 2. The maximum atomic E-state index is 15.0. The molecule has 2 fully saturated rings. The number of carbonyl (C=O) groups is 1. The first-order valence-electron chi connectivity index (χ1n) is 10.0. The van der Waals surface area contributed by atoms with E-state index in [4.69, 9.17) is 29.2 Å². The van der Waals surface area contributed by atoms with Gasteiger partial charge in [-0.15, -0.1) is 0 Å². The Balaban J connectivity index is 1.38. The first-order valence-corrected chi connectivity index (χ1v) is 11.8. The average molecular weight is 479 g/mol. The number of piperazine rings is 1. The van der Waals surface area contributed by atoms with Crippen LogP contribution in [0.5, 0.6) is 0 Å². The Morgan fingerprint density at radius 1 is 1.26 bits per heavy atom. The van der Waals surface area contributed by atoms with Crippen molar-refractivity contribution in [2.45, 2.75) is 13.0 Å². The lowest BCUT2D eigenvalue weighted by Crippen LogP contribution is -2.48. The van der Waals surface area contributed by atoms with Crippen LogP contribution in [0.1, 0.15) is 12.5 Å². The van der Waals surface area contributed by atoms with Gasteiger partial charge in [-0.25, -0.2) is 9.18 Å². The smallest absolute Gasteiger partial charge is 0.414 e. The average Bonchev–Trinajstić information content (AvgIpc) is 3.42. The molecule has 0 radical (unpaired) electrons. The summed E-state index contributed by atoms with van der Waals surface area (Å²) in [4.78, 5) is 19.3. The van der Waals surface area contributed by atoms with Gasteiger partial charge in [-0.3, -0.25) is 4.90 Å². The van der Waals surface area contributed by atoms with Gasteiger partial charge in [0.25, 0.3) is 0 Å². The summed E-state index contributed by atoms with van der Waals surface area (Å²) in [5.74, 6) is -0.351. The zero-order chi connectivity index (χ0) is 22.0. The summed E-state index contributed by atoms with van der Waals surface area (Å²) in [6.07, 6.45) is -0.801. The minimum absolute atomic E-state index is 0.326. The molecule has 31 heavy (non-hydrogen) atoms. The molecule has 164 valence electrons. The van der Waals surface area contributed by atoms with Crippen LogP contribution in [0.2, 0.25) is 0 Å². The third-order valence-corrected chi connectivity index (χ3v) is 6.69. The number of hydrogen-bond acceptors (Lipinski definition) is 6. The number of carbonyl (C=O) groups excluding carboxylic acids is 1. The van der Waals surface area contributed by atoms with E-state index in [1.54, 1.807) is 30.4 Å². The molecule has 0 aliphatic carbocycles. The molecule has 0 unspecified atom stereocenters. The molecule has 10 heteroatoms. The molecule has 0 bridgehead atoms. The fourth-order valence-electron chi connectivity index (χ4n) is 3.74. The molecule has 2 aromatic rings. The minimum Gasteiger partial charge on any atom is -0.442 e. The number of thiophene rings is 1. The van der Waals surface area contributed by atoms with E-state index in [2.05, 4.69) is 10.2 Å². The second-order valence-corrected chi connectivity index (χ2v) is 9.26. The highest BCUT2D eigenvalue weighted by molar-refractivity contribution is 7.80. The van der Waals surface area contributed by atoms with Gasteiger partial charge in [-0.05, 0) is 36.6 Å². The second-order valence-electron chi connectivity index (χ2n) is 7.48. The van der Waals surface area contributed by atoms with Crippen molar-refractivity contribution in [2.24, 2.45) is 0 Å². The maximum absolute atomic E-state index is 15.0. The van der Waals surface area contributed by atoms with Crippen molar-refractivity contribution in [3.8, 4) is 0 Å². The van der Waals surface area contributed by atoms with Gasteiger partial charge >= 0.3 is 6.09 Å². The summed E-state index contributed by atoms with van der Waals surface area (Å²) in [7, 11) is 0. The highest BCUT2D eigenvalue weighted by atomic mass is 32.1. The van der Waals surface area contributed by atoms with Gasteiger partial charge < -0.3 is 19.9 Å². The van der Waals surface area contributed by atoms with Gasteiger partial charge in [-0.2, -0.15) is 11.3 Å². The number of nitrogens with zero attached hydrogens (tertiary/aromatic N) is 3. The third kappa shape index (κ3) is 4.97. The van der Waals surface area contributed by atoms with E-state index >= 15 is 0 Å². The monoisotopic (exact) mass is 478 g/mol. The highest BCUT2D eigenvalue weighted by Crippen LogP contribution is 2.28. The number of amides is 1. The standard InChI is InChI=1S/C21H23FN4O2S3/c1-14(29)23-11-17-12-26(21(27)28-17)16-2-3-19(18(22)10-16)24-5-7-25(8-6-24)20(30)15-4-9-31-13-15/h2-4,9-10,13,17H,5-8,11-12H2,1H3,(H,23,29)/t17-/m0/s1. The van der Waals surface area contributed by atoms with Crippen LogP contribution in [0, 0.1) is 5.82 Å². The van der Waals surface area contributed by atoms with Crippen LogP contribution >= 0.6 is 35.8 Å². The van der Waals surface area contributed by atoms with Crippen LogP contribution in [0.15, 0.2) is 35.0 Å². The summed E-state index contributed by atoms with van der Waals surface area (Å²) < 4.78 is 20.3. The summed E-state index contributed by atoms with van der Waals surface area (Å²) in [6, 6.07) is 6.93. The van der Waals surface area contributed by atoms with Crippen LogP contribution in [0.25, 0.3) is 0 Å². The zero-order valence-electron chi connectivity index (χ0n) is 17.0. The van der Waals surface area contributed by atoms with E-state index in [0.29, 0.717) is 42.5 Å². The summed E-state index contributed by atoms with van der Waals surface area (Å²) in [5.41, 5.74) is 2.09. The summed E-state index contributed by atoms with van der Waals surface area (Å²) >= 11 is 12.2. The minimum atomic E-state index is -0.475. The molecule has 6 nitrogen and oxygen atoms in total. The number of hydrogen-bond donors (Lipinski definition) is 1. The van der Waals surface area contributed by atoms with Crippen molar-refractivity contribution in [1.29, 1.82) is 0 Å². The van der Waals surface area contributed by atoms with Crippen LogP contribution < -0.4 is 15.1 Å². The molecule has 3 heterocycles. The van der Waals surface area contributed by atoms with Crippen molar-refractivity contribution < 1.29 is 13.9 Å². The van der Waals surface area contributed by atoms with E-state index in [-0.39, 0.29) is 11.9 Å². The molecule has 0 saturated carbocycles. The molecule has 2 saturated heterocycles. The zero-order valence-corrected chi connectivity index (χ0v) is 19.5. The Hall–Kier alpha value is -2.30. The van der Waals surface area contributed by atoms with Crippen molar-refractivity contribution in [3.63, 3.8) is 0 Å². The second kappa shape index (κ2) is 9.46. The number of halogens is 1. The van der Waals surface area contributed by atoms with Crippen LogP contribution in [0.3, 0.4) is 0 Å². The Morgan fingerprint density at radius 2 is 2.03 bits per heavy atom. The van der Waals surface area contributed by atoms with E-state index in [9.17, 15) is 9.18 Å². The topological polar surface area (TPSA) is 48.0 Å². The number of thiocarbonyl (C=S) groups is 2. The Kier molecular flexibility index (Phi) is 6.68. The largest absolute Gasteiger partial charge is 0.442 e. The summed E-state index contributed by atoms with van der Waals surface area (Å²) in [6.45, 7) is 5.40. The fraction of sp³-hybridized carbons (Fsp3) is 0.381. The van der Waals surface area contributed by atoms with E-state index in [1.165, 1.54) is 11.0 Å². The predicted molar refractivity (Wildman–Crippen MR) is 130 cm³/mol. The van der Waals surface area contributed by atoms with Gasteiger partial charge in [0, 0.05) is 37.1 Å². The molecule has 1 atom stereocenters. The molecule has 4 rings (SSSR count). The maximum Gasteiger partial charge on any atom is 0.414 e. The molecular formula is C21H23FN4O2S3. The van der Waals surface area contributed by atoms with E-state index in [1.807, 2.05) is 21.7 Å². The van der Waals surface area contributed by atoms with Crippen molar-refractivity contribution in [1.82, 2.24) is 10.2 Å². The molecule has 1 aromatic heterocycles. The van der Waals surface area contributed by atoms with Gasteiger partial charge in [0.2, 0.25) is 0 Å². The number of nitrogens with one attached hydrogen (secondary N) is 1. The van der Waals surface area contributed by atoms with Crippen molar-refractivity contribution in [3.05, 3.63) is 46.4 Å². The molecule has 1 N–H and O–H groups in total. The molecular weight excluding hydrogens is 455 g/mol. The van der Waals surface area contributed by atoms with E-state index in [0.717, 1.165) is 23.6 Å². The van der Waals surface area contributed by atoms with Gasteiger partial charge in [0.1, 0.15) is 16.9 Å². The normalized spacial score (nSPS) is 18.8. The molecule has 2 aliphatic heterocycles. The highest BCUT2D eigenvalue weighted by Gasteiger charge is 2.33. The van der Waals surface area contributed by atoms with Crippen LogP contribution in [-0.4, -0.2) is 66.3 Å². The number of cyclic esters (lactones) is 1. The lowest BCUT2D eigenvalue weighted by atomic mass is 10.2.